The summed E-state index contributed by atoms with van der Waals surface area (Å²) in [4.78, 5) is 4.14. The van der Waals surface area contributed by atoms with Gasteiger partial charge in [0.1, 0.15) is 17.3 Å². The summed E-state index contributed by atoms with van der Waals surface area (Å²) >= 11 is 0. The van der Waals surface area contributed by atoms with Gasteiger partial charge in [0.05, 0.1) is 12.8 Å². The third kappa shape index (κ3) is 6.80. The molecule has 0 saturated heterocycles. The Hall–Kier alpha value is -2.11. The van der Waals surface area contributed by atoms with Crippen LogP contribution >= 0.6 is 24.0 Å². The van der Waals surface area contributed by atoms with Crippen LogP contribution in [0.15, 0.2) is 27.7 Å². The Labute approximate surface area is 179 Å². The van der Waals surface area contributed by atoms with Crippen LogP contribution in [-0.4, -0.2) is 38.4 Å². The average Bonchev–Trinajstić information content (AvgIpc) is 2.96. The molecule has 0 aliphatic heterocycles. The summed E-state index contributed by atoms with van der Waals surface area (Å²) < 4.78 is 40.0. The Kier molecular flexibility index (Phi) is 9.97. The van der Waals surface area contributed by atoms with Crippen molar-refractivity contribution in [3.05, 3.63) is 40.8 Å². The molecule has 28 heavy (non-hydrogen) atoms. The number of hydrogen-bond acceptors (Lipinski definition) is 5. The summed E-state index contributed by atoms with van der Waals surface area (Å²) in [6.07, 6.45) is 0.723. The summed E-state index contributed by atoms with van der Waals surface area (Å²) in [5.74, 6) is 1.97. The molecule has 1 aromatic heterocycles. The van der Waals surface area contributed by atoms with E-state index in [-0.39, 0.29) is 36.3 Å². The van der Waals surface area contributed by atoms with E-state index in [1.807, 2.05) is 13.8 Å². The summed E-state index contributed by atoms with van der Waals surface area (Å²) in [6, 6.07) is 4.66. The van der Waals surface area contributed by atoms with E-state index in [4.69, 9.17) is 9.26 Å². The van der Waals surface area contributed by atoms with Crippen LogP contribution < -0.4 is 20.1 Å². The summed E-state index contributed by atoms with van der Waals surface area (Å²) in [6.45, 7) is 1.72. The minimum absolute atomic E-state index is 0. The lowest BCUT2D eigenvalue weighted by Gasteiger charge is -2.15. The molecule has 10 heteroatoms. The molecular weight excluding hydrogens is 485 g/mol. The van der Waals surface area contributed by atoms with E-state index in [9.17, 15) is 8.78 Å². The van der Waals surface area contributed by atoms with Crippen LogP contribution in [0.4, 0.5) is 8.78 Å². The Bertz CT molecular complexity index is 765. The van der Waals surface area contributed by atoms with Gasteiger partial charge in [0.15, 0.2) is 5.96 Å². The second-order valence-electron chi connectivity index (χ2n) is 5.76. The highest BCUT2D eigenvalue weighted by Crippen LogP contribution is 2.25. The zero-order valence-corrected chi connectivity index (χ0v) is 18.5. The number of guanidine groups is 1. The molecule has 0 amide bonds. The third-order valence-corrected chi connectivity index (χ3v) is 4.00. The lowest BCUT2D eigenvalue weighted by molar-refractivity contribution is -0.0504. The van der Waals surface area contributed by atoms with Gasteiger partial charge in [-0.2, -0.15) is 8.78 Å². The molecule has 0 aliphatic rings. The Balaban J connectivity index is 0.00000392. The maximum atomic E-state index is 12.6. The highest BCUT2D eigenvalue weighted by atomic mass is 127. The molecule has 2 N–H and O–H groups in total. The minimum atomic E-state index is -2.90. The average molecular weight is 510 g/mol. The molecule has 7 nitrogen and oxygen atoms in total. The SMILES string of the molecule is CN=C(NCCc1c(C)noc1C)NCc1cc(OC)ccc1OC(F)F.I. The number of nitrogens with zero attached hydrogens (tertiary/aromatic N) is 2. The van der Waals surface area contributed by atoms with Gasteiger partial charge < -0.3 is 24.6 Å². The molecule has 0 bridgehead atoms. The van der Waals surface area contributed by atoms with Crippen molar-refractivity contribution in [2.45, 2.75) is 33.4 Å². The van der Waals surface area contributed by atoms with E-state index in [1.54, 1.807) is 19.2 Å². The number of hydrogen-bond donors (Lipinski definition) is 2. The van der Waals surface area contributed by atoms with Crippen LogP contribution in [0.3, 0.4) is 0 Å². The van der Waals surface area contributed by atoms with Crippen LogP contribution in [0.2, 0.25) is 0 Å². The molecule has 156 valence electrons. The molecule has 0 unspecified atom stereocenters. The van der Waals surface area contributed by atoms with Gasteiger partial charge >= 0.3 is 6.61 Å². The second-order valence-corrected chi connectivity index (χ2v) is 5.76. The van der Waals surface area contributed by atoms with Gasteiger partial charge in [0.2, 0.25) is 0 Å². The highest BCUT2D eigenvalue weighted by Gasteiger charge is 2.12. The maximum absolute atomic E-state index is 12.6. The Morgan fingerprint density at radius 1 is 1.29 bits per heavy atom. The van der Waals surface area contributed by atoms with Gasteiger partial charge in [-0.15, -0.1) is 24.0 Å². The van der Waals surface area contributed by atoms with E-state index in [0.29, 0.717) is 23.8 Å². The predicted molar refractivity (Wildman–Crippen MR) is 113 cm³/mol. The number of halogens is 3. The third-order valence-electron chi connectivity index (χ3n) is 4.00. The molecule has 2 rings (SSSR count). The van der Waals surface area contributed by atoms with Gasteiger partial charge in [-0.25, -0.2) is 0 Å². The molecular formula is C18H25F2IN4O3. The molecule has 1 heterocycles. The first-order valence-electron chi connectivity index (χ1n) is 8.42. The topological polar surface area (TPSA) is 80.9 Å². The van der Waals surface area contributed by atoms with Gasteiger partial charge in [-0.3, -0.25) is 4.99 Å². The molecule has 0 aliphatic carbocycles. The van der Waals surface area contributed by atoms with Crippen LogP contribution in [0.25, 0.3) is 0 Å². The van der Waals surface area contributed by atoms with Crippen molar-refractivity contribution >= 4 is 29.9 Å². The molecule has 0 spiro atoms. The van der Waals surface area contributed by atoms with Crippen LogP contribution in [0, 0.1) is 13.8 Å². The van der Waals surface area contributed by atoms with E-state index >= 15 is 0 Å². The van der Waals surface area contributed by atoms with Crippen molar-refractivity contribution in [2.24, 2.45) is 4.99 Å². The first-order valence-corrected chi connectivity index (χ1v) is 8.42. The first-order chi connectivity index (χ1) is 12.9. The highest BCUT2D eigenvalue weighted by molar-refractivity contribution is 14.0. The second kappa shape index (κ2) is 11.7. The first kappa shape index (κ1) is 23.9. The normalized spacial score (nSPS) is 11.2. The molecule has 0 atom stereocenters. The molecule has 0 saturated carbocycles. The Morgan fingerprint density at radius 2 is 2.04 bits per heavy atom. The van der Waals surface area contributed by atoms with Crippen LogP contribution in [0.1, 0.15) is 22.6 Å². The zero-order chi connectivity index (χ0) is 19.8. The van der Waals surface area contributed by atoms with Gasteiger partial charge in [0.25, 0.3) is 0 Å². The number of benzene rings is 1. The number of methoxy groups -OCH3 is 1. The summed E-state index contributed by atoms with van der Waals surface area (Å²) in [7, 11) is 3.14. The quantitative estimate of drug-likeness (QED) is 0.322. The molecule has 0 radical (unpaired) electrons. The smallest absolute Gasteiger partial charge is 0.387 e. The van der Waals surface area contributed by atoms with E-state index < -0.39 is 6.61 Å². The Morgan fingerprint density at radius 3 is 2.61 bits per heavy atom. The fourth-order valence-electron chi connectivity index (χ4n) is 2.60. The molecule has 0 fully saturated rings. The lowest BCUT2D eigenvalue weighted by Crippen LogP contribution is -2.38. The summed E-state index contributed by atoms with van der Waals surface area (Å²) in [5, 5.41) is 10.2. The molecule has 1 aromatic carbocycles. The minimum Gasteiger partial charge on any atom is -0.497 e. The largest absolute Gasteiger partial charge is 0.497 e. The van der Waals surface area contributed by atoms with E-state index in [0.717, 1.165) is 23.4 Å². The van der Waals surface area contributed by atoms with Crippen molar-refractivity contribution in [1.82, 2.24) is 15.8 Å². The number of aryl methyl sites for hydroxylation is 2. The zero-order valence-electron chi connectivity index (χ0n) is 16.2. The van der Waals surface area contributed by atoms with Gasteiger partial charge in [-0.05, 0) is 38.5 Å². The van der Waals surface area contributed by atoms with Crippen molar-refractivity contribution in [2.75, 3.05) is 20.7 Å². The van der Waals surface area contributed by atoms with E-state index in [1.165, 1.54) is 13.2 Å². The van der Waals surface area contributed by atoms with Crippen molar-refractivity contribution in [3.63, 3.8) is 0 Å². The monoisotopic (exact) mass is 510 g/mol. The maximum Gasteiger partial charge on any atom is 0.387 e. The van der Waals surface area contributed by atoms with E-state index in [2.05, 4.69) is 25.5 Å². The number of rotatable bonds is 8. The van der Waals surface area contributed by atoms with Gasteiger partial charge in [-0.1, -0.05) is 5.16 Å². The number of ether oxygens (including phenoxy) is 2. The van der Waals surface area contributed by atoms with Crippen LogP contribution in [0.5, 0.6) is 11.5 Å². The number of aliphatic imine (C=N–C) groups is 1. The summed E-state index contributed by atoms with van der Waals surface area (Å²) in [5.41, 5.74) is 2.45. The van der Waals surface area contributed by atoms with Gasteiger partial charge in [0, 0.05) is 31.3 Å². The fourth-order valence-corrected chi connectivity index (χ4v) is 2.60. The number of alkyl halides is 2. The fraction of sp³-hybridized carbons (Fsp3) is 0.444. The standard InChI is InChI=1S/C18H24F2N4O3.HI/c1-11-15(12(2)27-24-11)7-8-22-18(21-3)23-10-13-9-14(25-4)5-6-16(13)26-17(19)20;/h5-6,9,17H,7-8,10H2,1-4H3,(H2,21,22,23);1H. The van der Waals surface area contributed by atoms with Crippen molar-refractivity contribution in [3.8, 4) is 11.5 Å². The molecule has 2 aromatic rings. The van der Waals surface area contributed by atoms with Crippen molar-refractivity contribution < 1.29 is 22.8 Å². The predicted octanol–water partition coefficient (Wildman–Crippen LogP) is 3.43. The number of nitrogens with one attached hydrogen (secondary N) is 2. The number of aromatic nitrogens is 1. The lowest BCUT2D eigenvalue weighted by atomic mass is 10.1. The van der Waals surface area contributed by atoms with Crippen LogP contribution in [-0.2, 0) is 13.0 Å². The van der Waals surface area contributed by atoms with Crippen molar-refractivity contribution in [1.29, 1.82) is 0 Å².